The Bertz CT molecular complexity index is 387. The quantitative estimate of drug-likeness (QED) is 0.277. The number of ketones is 1. The molecule has 0 N–H and O–H groups in total. The number of carbonyl (C=O) groups is 1. The fourth-order valence-electron chi connectivity index (χ4n) is 2.88. The Morgan fingerprint density at radius 1 is 1.04 bits per heavy atom. The molecule has 1 aliphatic rings. The van der Waals surface area contributed by atoms with Crippen LogP contribution in [0.4, 0.5) is 0 Å². The number of hydrogen-bond acceptors (Lipinski definition) is 1. The van der Waals surface area contributed by atoms with Crippen LogP contribution in [0.1, 0.15) is 84.0 Å². The van der Waals surface area contributed by atoms with E-state index in [0.717, 1.165) is 37.7 Å². The summed E-state index contributed by atoms with van der Waals surface area (Å²) < 4.78 is 0. The molecule has 0 radical (unpaired) electrons. The summed E-state index contributed by atoms with van der Waals surface area (Å²) in [6, 6.07) is 0. The molecule has 0 saturated heterocycles. The van der Waals surface area contributed by atoms with Gasteiger partial charge in [0.2, 0.25) is 0 Å². The number of unbranched alkanes of at least 4 members (excludes halogenated alkanes) is 8. The van der Waals surface area contributed by atoms with Gasteiger partial charge in [-0.3, -0.25) is 4.79 Å². The van der Waals surface area contributed by atoms with Gasteiger partial charge in [0.05, 0.1) is 0 Å². The van der Waals surface area contributed by atoms with E-state index in [1.54, 1.807) is 0 Å². The maximum Gasteiger partial charge on any atom is 0.162 e. The van der Waals surface area contributed by atoms with Crippen LogP contribution in [0.3, 0.4) is 0 Å². The first-order valence-corrected chi connectivity index (χ1v) is 9.26. The minimum atomic E-state index is 0.355. The maximum atomic E-state index is 12.1. The molecule has 0 saturated carbocycles. The van der Waals surface area contributed by atoms with Gasteiger partial charge in [0.1, 0.15) is 0 Å². The molecule has 0 unspecified atom stereocenters. The SMILES string of the molecule is C=C.C=CCCCCCCCCCCC(=O)C1=C(C)CCC=C1. The second-order valence-corrected chi connectivity index (χ2v) is 6.21. The van der Waals surface area contributed by atoms with Crippen LogP contribution in [0.15, 0.2) is 49.1 Å². The third-order valence-electron chi connectivity index (χ3n) is 4.29. The summed E-state index contributed by atoms with van der Waals surface area (Å²) in [7, 11) is 0. The highest BCUT2D eigenvalue weighted by molar-refractivity contribution is 5.98. The Balaban J connectivity index is 0.00000232. The molecule has 0 aromatic heterocycles. The fraction of sp³-hybridized carbons (Fsp3) is 0.591. The Morgan fingerprint density at radius 2 is 1.61 bits per heavy atom. The van der Waals surface area contributed by atoms with Crippen molar-refractivity contribution < 1.29 is 4.79 Å². The normalized spacial score (nSPS) is 13.4. The van der Waals surface area contributed by atoms with Gasteiger partial charge in [0.15, 0.2) is 5.78 Å². The Labute approximate surface area is 144 Å². The standard InChI is InChI=1S/C20H32O.C2H4/c1-3-4-5-6-7-8-9-10-11-12-17-20(21)19-16-14-13-15-18(19)2;1-2/h3,14,16H,1,4-13,15,17H2,2H3;1-2H2. The van der Waals surface area contributed by atoms with E-state index in [0.29, 0.717) is 5.78 Å². The van der Waals surface area contributed by atoms with Crippen molar-refractivity contribution in [3.63, 3.8) is 0 Å². The first-order chi connectivity index (χ1) is 11.3. The van der Waals surface area contributed by atoms with Crippen LogP contribution in [-0.4, -0.2) is 5.78 Å². The van der Waals surface area contributed by atoms with E-state index in [4.69, 9.17) is 0 Å². The molecule has 0 aliphatic heterocycles. The van der Waals surface area contributed by atoms with Gasteiger partial charge in [0.25, 0.3) is 0 Å². The van der Waals surface area contributed by atoms with E-state index < -0.39 is 0 Å². The van der Waals surface area contributed by atoms with E-state index in [-0.39, 0.29) is 0 Å². The van der Waals surface area contributed by atoms with Crippen LogP contribution in [0.5, 0.6) is 0 Å². The summed E-state index contributed by atoms with van der Waals surface area (Å²) in [5.41, 5.74) is 2.27. The number of carbonyl (C=O) groups excluding carboxylic acids is 1. The molecule has 23 heavy (non-hydrogen) atoms. The van der Waals surface area contributed by atoms with Crippen LogP contribution in [0, 0.1) is 0 Å². The highest BCUT2D eigenvalue weighted by Crippen LogP contribution is 2.21. The van der Waals surface area contributed by atoms with Gasteiger partial charge in [-0.15, -0.1) is 19.7 Å². The first-order valence-electron chi connectivity index (χ1n) is 9.26. The molecule has 1 heteroatoms. The largest absolute Gasteiger partial charge is 0.294 e. The predicted octanol–water partition coefficient (Wildman–Crippen LogP) is 7.11. The van der Waals surface area contributed by atoms with Gasteiger partial charge in [-0.25, -0.2) is 0 Å². The summed E-state index contributed by atoms with van der Waals surface area (Å²) in [4.78, 5) is 12.1. The van der Waals surface area contributed by atoms with E-state index in [2.05, 4.69) is 32.7 Å². The second-order valence-electron chi connectivity index (χ2n) is 6.21. The molecule has 1 aliphatic carbocycles. The maximum absolute atomic E-state index is 12.1. The molecular weight excluding hydrogens is 280 g/mol. The molecule has 0 aromatic rings. The Morgan fingerprint density at radius 3 is 2.17 bits per heavy atom. The minimum Gasteiger partial charge on any atom is -0.294 e. The van der Waals surface area contributed by atoms with Crippen molar-refractivity contribution >= 4 is 5.78 Å². The van der Waals surface area contributed by atoms with Crippen molar-refractivity contribution in [2.24, 2.45) is 0 Å². The minimum absolute atomic E-state index is 0.355. The van der Waals surface area contributed by atoms with Gasteiger partial charge < -0.3 is 0 Å². The average molecular weight is 317 g/mol. The van der Waals surface area contributed by atoms with Crippen LogP contribution < -0.4 is 0 Å². The molecule has 130 valence electrons. The van der Waals surface area contributed by atoms with E-state index in [9.17, 15) is 4.79 Å². The predicted molar refractivity (Wildman–Crippen MR) is 104 cm³/mol. The number of hydrogen-bond donors (Lipinski definition) is 0. The average Bonchev–Trinajstić information content (AvgIpc) is 2.58. The molecule has 0 atom stereocenters. The zero-order chi connectivity index (χ0) is 17.3. The molecule has 0 aromatic carbocycles. The number of allylic oxidation sites excluding steroid dienone is 5. The lowest BCUT2D eigenvalue weighted by molar-refractivity contribution is -0.115. The van der Waals surface area contributed by atoms with Gasteiger partial charge in [-0.05, 0) is 39.0 Å². The van der Waals surface area contributed by atoms with Crippen molar-refractivity contribution in [1.82, 2.24) is 0 Å². The summed E-state index contributed by atoms with van der Waals surface area (Å²) in [5, 5.41) is 0. The Hall–Kier alpha value is -1.37. The molecule has 0 bridgehead atoms. The number of Topliss-reactive ketones (excluding diaryl/α,β-unsaturated/α-hetero) is 1. The topological polar surface area (TPSA) is 17.1 Å². The fourth-order valence-corrected chi connectivity index (χ4v) is 2.88. The van der Waals surface area contributed by atoms with Crippen LogP contribution in [-0.2, 0) is 4.79 Å². The molecule has 1 rings (SSSR count). The molecule has 0 amide bonds. The lowest BCUT2D eigenvalue weighted by atomic mass is 9.93. The zero-order valence-electron chi connectivity index (χ0n) is 15.2. The zero-order valence-corrected chi connectivity index (χ0v) is 15.2. The molecular formula is C22H36O. The van der Waals surface area contributed by atoms with E-state index >= 15 is 0 Å². The van der Waals surface area contributed by atoms with Crippen LogP contribution in [0.2, 0.25) is 0 Å². The third-order valence-corrected chi connectivity index (χ3v) is 4.29. The lowest BCUT2D eigenvalue weighted by Gasteiger charge is -2.11. The molecule has 0 spiro atoms. The van der Waals surface area contributed by atoms with E-state index in [1.165, 1.54) is 50.5 Å². The van der Waals surface area contributed by atoms with Crippen molar-refractivity contribution in [2.75, 3.05) is 0 Å². The Kier molecular flexibility index (Phi) is 14.6. The van der Waals surface area contributed by atoms with Crippen molar-refractivity contribution in [3.8, 4) is 0 Å². The van der Waals surface area contributed by atoms with Crippen molar-refractivity contribution in [2.45, 2.75) is 84.0 Å². The van der Waals surface area contributed by atoms with Crippen LogP contribution >= 0.6 is 0 Å². The third kappa shape index (κ3) is 10.9. The number of rotatable bonds is 12. The summed E-state index contributed by atoms with van der Waals surface area (Å²) in [6.45, 7) is 11.8. The van der Waals surface area contributed by atoms with Crippen LogP contribution in [0.25, 0.3) is 0 Å². The lowest BCUT2D eigenvalue weighted by Crippen LogP contribution is -2.05. The summed E-state index contributed by atoms with van der Waals surface area (Å²) in [5.74, 6) is 0.355. The van der Waals surface area contributed by atoms with Gasteiger partial charge in [-0.1, -0.05) is 62.3 Å². The highest BCUT2D eigenvalue weighted by atomic mass is 16.1. The summed E-state index contributed by atoms with van der Waals surface area (Å²) >= 11 is 0. The molecule has 1 nitrogen and oxygen atoms in total. The summed E-state index contributed by atoms with van der Waals surface area (Å²) in [6.07, 6.45) is 20.4. The van der Waals surface area contributed by atoms with Crippen molar-refractivity contribution in [3.05, 3.63) is 49.1 Å². The highest BCUT2D eigenvalue weighted by Gasteiger charge is 2.11. The van der Waals surface area contributed by atoms with Gasteiger partial charge in [-0.2, -0.15) is 0 Å². The second kappa shape index (κ2) is 15.5. The smallest absolute Gasteiger partial charge is 0.162 e. The monoisotopic (exact) mass is 316 g/mol. The van der Waals surface area contributed by atoms with Crippen molar-refractivity contribution in [1.29, 1.82) is 0 Å². The first kappa shape index (κ1) is 21.6. The molecule has 0 heterocycles. The van der Waals surface area contributed by atoms with Gasteiger partial charge in [0, 0.05) is 12.0 Å². The molecule has 0 fully saturated rings. The van der Waals surface area contributed by atoms with Gasteiger partial charge >= 0.3 is 0 Å². The van der Waals surface area contributed by atoms with E-state index in [1.807, 2.05) is 12.2 Å².